The average Bonchev–Trinajstić information content (AvgIpc) is 2.73. The molecular formula is C20H21ClFN3O6S. The van der Waals surface area contributed by atoms with E-state index >= 15 is 0 Å². The fourth-order valence-electron chi connectivity index (χ4n) is 2.54. The maximum atomic E-state index is 13.2. The smallest absolute Gasteiger partial charge is 0.324 e. The number of primary amides is 1. The second-order valence-electron chi connectivity index (χ2n) is 6.64. The number of ether oxygens (including phenoxy) is 1. The maximum Gasteiger partial charge on any atom is 0.324 e. The molecule has 0 unspecified atom stereocenters. The Labute approximate surface area is 189 Å². The molecule has 0 aliphatic rings. The molecule has 0 radical (unpaired) electrons. The lowest BCUT2D eigenvalue weighted by Gasteiger charge is -2.22. The number of benzene rings is 2. The minimum absolute atomic E-state index is 0.105. The normalized spacial score (nSPS) is 12.1. The van der Waals surface area contributed by atoms with E-state index in [0.29, 0.717) is 5.02 Å². The molecule has 9 nitrogen and oxygen atoms in total. The van der Waals surface area contributed by atoms with Gasteiger partial charge in [0.1, 0.15) is 11.9 Å². The lowest BCUT2D eigenvalue weighted by atomic mass is 10.2. The number of halogens is 2. The van der Waals surface area contributed by atoms with Gasteiger partial charge in [-0.3, -0.25) is 14.4 Å². The van der Waals surface area contributed by atoms with Gasteiger partial charge in [0.05, 0.1) is 4.90 Å². The highest BCUT2D eigenvalue weighted by molar-refractivity contribution is 7.89. The van der Waals surface area contributed by atoms with Gasteiger partial charge in [-0.15, -0.1) is 0 Å². The van der Waals surface area contributed by atoms with Crippen LogP contribution in [0, 0.1) is 5.82 Å². The zero-order valence-electron chi connectivity index (χ0n) is 17.0. The monoisotopic (exact) mass is 485 g/mol. The van der Waals surface area contributed by atoms with E-state index in [1.165, 1.54) is 43.3 Å². The van der Waals surface area contributed by atoms with E-state index in [1.807, 2.05) is 0 Å². The van der Waals surface area contributed by atoms with E-state index in [2.05, 4.69) is 4.72 Å². The molecule has 2 amide bonds. The highest BCUT2D eigenvalue weighted by atomic mass is 35.5. The number of amides is 2. The summed E-state index contributed by atoms with van der Waals surface area (Å²) in [5, 5.41) is 0.344. The van der Waals surface area contributed by atoms with Crippen molar-refractivity contribution in [3.63, 3.8) is 0 Å². The van der Waals surface area contributed by atoms with Gasteiger partial charge in [-0.05, 0) is 55.5 Å². The van der Waals surface area contributed by atoms with E-state index < -0.39 is 46.3 Å². The zero-order chi connectivity index (χ0) is 23.9. The molecule has 0 saturated heterocycles. The molecule has 172 valence electrons. The van der Waals surface area contributed by atoms with Crippen LogP contribution >= 0.6 is 11.6 Å². The predicted molar refractivity (Wildman–Crippen MR) is 115 cm³/mol. The number of nitrogens with one attached hydrogen (secondary N) is 1. The molecular weight excluding hydrogens is 465 g/mol. The van der Waals surface area contributed by atoms with Crippen LogP contribution in [-0.4, -0.2) is 45.4 Å². The summed E-state index contributed by atoms with van der Waals surface area (Å²) in [6.07, 6.45) is -0.172. The number of sulfonamides is 1. The number of nitrogens with two attached hydrogens (primary N) is 1. The topological polar surface area (TPSA) is 136 Å². The number of hydrogen-bond acceptors (Lipinski definition) is 6. The number of carbonyl (C=O) groups excluding carboxylic acids is 3. The van der Waals surface area contributed by atoms with E-state index in [-0.39, 0.29) is 23.5 Å². The number of anilines is 1. The third-order valence-electron chi connectivity index (χ3n) is 4.17. The summed E-state index contributed by atoms with van der Waals surface area (Å²) in [5.74, 6) is -2.89. The van der Waals surface area contributed by atoms with Crippen molar-refractivity contribution < 1.29 is 31.9 Å². The Kier molecular flexibility index (Phi) is 8.70. The standard InChI is InChI=1S/C20H21ClFN3O6S/c1-13(24-32(29,30)17-8-2-14(21)3-9-17)20(28)31-12-19(27)25(11-10-18(23)26)16-6-4-15(22)5-7-16/h2-9,13,24H,10-12H2,1H3,(H2,23,26)/t13-/m0/s1. The van der Waals surface area contributed by atoms with Crippen molar-refractivity contribution >= 4 is 45.1 Å². The summed E-state index contributed by atoms with van der Waals surface area (Å²) < 4.78 is 45.0. The van der Waals surface area contributed by atoms with Crippen LogP contribution in [0.1, 0.15) is 13.3 Å². The van der Waals surface area contributed by atoms with Crippen LogP contribution in [-0.2, 0) is 29.1 Å². The molecule has 0 heterocycles. The van der Waals surface area contributed by atoms with Crippen LogP contribution in [0.2, 0.25) is 5.02 Å². The third-order valence-corrected chi connectivity index (χ3v) is 5.98. The first-order chi connectivity index (χ1) is 15.0. The first-order valence-electron chi connectivity index (χ1n) is 9.28. The van der Waals surface area contributed by atoms with Gasteiger partial charge in [0.2, 0.25) is 15.9 Å². The molecule has 0 aromatic heterocycles. The van der Waals surface area contributed by atoms with Crippen LogP contribution in [0.5, 0.6) is 0 Å². The molecule has 0 saturated carbocycles. The first kappa shape index (κ1) is 25.2. The lowest BCUT2D eigenvalue weighted by molar-refractivity contribution is -0.149. The fourth-order valence-corrected chi connectivity index (χ4v) is 3.86. The van der Waals surface area contributed by atoms with Gasteiger partial charge in [0.15, 0.2) is 6.61 Å². The zero-order valence-corrected chi connectivity index (χ0v) is 18.5. The van der Waals surface area contributed by atoms with Gasteiger partial charge in [0.25, 0.3) is 5.91 Å². The number of esters is 1. The number of rotatable bonds is 10. The highest BCUT2D eigenvalue weighted by Crippen LogP contribution is 2.16. The Morgan fingerprint density at radius 3 is 2.28 bits per heavy atom. The highest BCUT2D eigenvalue weighted by Gasteiger charge is 2.25. The van der Waals surface area contributed by atoms with Crippen LogP contribution in [0.15, 0.2) is 53.4 Å². The Morgan fingerprint density at radius 2 is 1.72 bits per heavy atom. The van der Waals surface area contributed by atoms with Gasteiger partial charge >= 0.3 is 5.97 Å². The van der Waals surface area contributed by atoms with Crippen molar-refractivity contribution in [2.75, 3.05) is 18.1 Å². The van der Waals surface area contributed by atoms with Crippen molar-refractivity contribution in [3.8, 4) is 0 Å². The minimum Gasteiger partial charge on any atom is -0.454 e. The van der Waals surface area contributed by atoms with E-state index in [1.54, 1.807) is 0 Å². The second-order valence-corrected chi connectivity index (χ2v) is 8.79. The Morgan fingerprint density at radius 1 is 1.12 bits per heavy atom. The first-order valence-corrected chi connectivity index (χ1v) is 11.1. The van der Waals surface area contributed by atoms with Crippen LogP contribution in [0.3, 0.4) is 0 Å². The summed E-state index contributed by atoms with van der Waals surface area (Å²) in [7, 11) is -4.03. The molecule has 0 aliphatic heterocycles. The molecule has 0 fully saturated rings. The summed E-state index contributed by atoms with van der Waals surface area (Å²) in [6, 6.07) is 8.89. The molecule has 0 bridgehead atoms. The Bertz CT molecular complexity index is 1080. The SMILES string of the molecule is C[C@H](NS(=O)(=O)c1ccc(Cl)cc1)C(=O)OCC(=O)N(CCC(N)=O)c1ccc(F)cc1. The second kappa shape index (κ2) is 11.0. The van der Waals surface area contributed by atoms with Gasteiger partial charge in [0, 0.05) is 23.7 Å². The van der Waals surface area contributed by atoms with Crippen molar-refractivity contribution in [2.24, 2.45) is 5.73 Å². The van der Waals surface area contributed by atoms with E-state index in [0.717, 1.165) is 17.0 Å². The maximum absolute atomic E-state index is 13.2. The molecule has 0 spiro atoms. The number of nitrogens with zero attached hydrogens (tertiary/aromatic N) is 1. The average molecular weight is 486 g/mol. The largest absolute Gasteiger partial charge is 0.454 e. The predicted octanol–water partition coefficient (Wildman–Crippen LogP) is 1.60. The Hall–Kier alpha value is -3.02. The molecule has 2 rings (SSSR count). The van der Waals surface area contributed by atoms with E-state index in [4.69, 9.17) is 22.1 Å². The van der Waals surface area contributed by atoms with Gasteiger partial charge in [-0.2, -0.15) is 4.72 Å². The molecule has 3 N–H and O–H groups in total. The molecule has 2 aromatic carbocycles. The Balaban J connectivity index is 2.01. The van der Waals surface area contributed by atoms with E-state index in [9.17, 15) is 27.2 Å². The van der Waals surface area contributed by atoms with Crippen molar-refractivity contribution in [1.29, 1.82) is 0 Å². The van der Waals surface area contributed by atoms with Gasteiger partial charge in [-0.1, -0.05) is 11.6 Å². The van der Waals surface area contributed by atoms with Gasteiger partial charge in [-0.25, -0.2) is 12.8 Å². The molecule has 0 aliphatic carbocycles. The van der Waals surface area contributed by atoms with Gasteiger partial charge < -0.3 is 15.4 Å². The van der Waals surface area contributed by atoms with Crippen LogP contribution < -0.4 is 15.4 Å². The van der Waals surface area contributed by atoms with Crippen LogP contribution in [0.4, 0.5) is 10.1 Å². The molecule has 12 heteroatoms. The summed E-state index contributed by atoms with van der Waals surface area (Å²) in [6.45, 7) is 0.406. The quantitative estimate of drug-likeness (QED) is 0.490. The van der Waals surface area contributed by atoms with Crippen molar-refractivity contribution in [1.82, 2.24) is 4.72 Å². The minimum atomic E-state index is -4.03. The number of carbonyl (C=O) groups is 3. The molecule has 2 aromatic rings. The summed E-state index contributed by atoms with van der Waals surface area (Å²) in [4.78, 5) is 36.9. The van der Waals surface area contributed by atoms with Crippen molar-refractivity contribution in [3.05, 3.63) is 59.4 Å². The molecule has 1 atom stereocenters. The third kappa shape index (κ3) is 7.29. The number of hydrogen-bond donors (Lipinski definition) is 2. The van der Waals surface area contributed by atoms with Crippen molar-refractivity contribution in [2.45, 2.75) is 24.3 Å². The molecule has 32 heavy (non-hydrogen) atoms. The summed E-state index contributed by atoms with van der Waals surface area (Å²) >= 11 is 5.74. The lowest BCUT2D eigenvalue weighted by Crippen LogP contribution is -2.42. The fraction of sp³-hybridized carbons (Fsp3) is 0.250. The summed E-state index contributed by atoms with van der Waals surface area (Å²) in [5.41, 5.74) is 5.39. The van der Waals surface area contributed by atoms with Crippen LogP contribution in [0.25, 0.3) is 0 Å².